The summed E-state index contributed by atoms with van der Waals surface area (Å²) in [7, 11) is -19.6. The van der Waals surface area contributed by atoms with E-state index in [1.165, 1.54) is 6.07 Å². The van der Waals surface area contributed by atoms with Crippen molar-refractivity contribution in [3.05, 3.63) is 36.3 Å². The van der Waals surface area contributed by atoms with Gasteiger partial charge in [0.25, 0.3) is 26.2 Å². The number of hydrogen-bond donors (Lipinski definition) is 6. The molecule has 6 N–H and O–H groups in total. The van der Waals surface area contributed by atoms with Crippen LogP contribution in [0.15, 0.2) is 29.4 Å². The highest BCUT2D eigenvalue weighted by Gasteiger charge is 2.22. The number of rotatable bonds is 8. The van der Waals surface area contributed by atoms with Gasteiger partial charge in [0.05, 0.1) is 11.4 Å². The van der Waals surface area contributed by atoms with Crippen LogP contribution in [-0.2, 0) is 38.5 Å². The second kappa shape index (κ2) is 10.8. The molecule has 0 bridgehead atoms. The summed E-state index contributed by atoms with van der Waals surface area (Å²) < 4.78 is 141. The quantitative estimate of drug-likeness (QED) is 0.135. The highest BCUT2D eigenvalue weighted by atomic mass is 33.2. The normalized spacial score (nSPS) is 12.4. The van der Waals surface area contributed by atoms with E-state index < -0.39 is 66.8 Å². The molecule has 192 valence electrons. The fourth-order valence-electron chi connectivity index (χ4n) is 1.85. The summed E-state index contributed by atoms with van der Waals surface area (Å²) in [6.07, 6.45) is 0.697. The molecular formula is C12H14F2N4O12S4. The maximum Gasteiger partial charge on any atom is 0.397 e. The van der Waals surface area contributed by atoms with Gasteiger partial charge < -0.3 is 10.6 Å². The Morgan fingerprint density at radius 1 is 0.853 bits per heavy atom. The first-order valence-electron chi connectivity index (χ1n) is 7.91. The molecule has 0 spiro atoms. The van der Waals surface area contributed by atoms with Crippen molar-refractivity contribution in [1.82, 2.24) is 9.97 Å². The Morgan fingerprint density at radius 2 is 1.41 bits per heavy atom. The van der Waals surface area contributed by atoms with Gasteiger partial charge in [-0.15, -0.1) is 0 Å². The minimum absolute atomic E-state index is 0.165. The summed E-state index contributed by atoms with van der Waals surface area (Å²) in [6.45, 7) is -0.222. The fraction of sp³-hybridized carbons (Fsp3) is 0.167. The first kappa shape index (κ1) is 29.4. The first-order chi connectivity index (χ1) is 15.2. The lowest BCUT2D eigenvalue weighted by molar-refractivity contribution is 0.460. The number of nitrogens with zero attached hydrogens (tertiary/aromatic N) is 2. The molecule has 1 aromatic heterocycles. The van der Waals surface area contributed by atoms with Crippen LogP contribution in [0.25, 0.3) is 0 Å². The Balaban J connectivity index is 0.000000620. The van der Waals surface area contributed by atoms with Crippen LogP contribution in [0.4, 0.5) is 26.0 Å². The van der Waals surface area contributed by atoms with Crippen molar-refractivity contribution < 1.29 is 60.7 Å². The van der Waals surface area contributed by atoms with E-state index in [0.29, 0.717) is 6.33 Å². The van der Waals surface area contributed by atoms with Crippen molar-refractivity contribution in [2.24, 2.45) is 0 Å². The molecule has 0 saturated heterocycles. The Hall–Kier alpha value is -2.60. The minimum Gasteiger partial charge on any atom is -0.384 e. The summed E-state index contributed by atoms with van der Waals surface area (Å²) in [4.78, 5) is 5.76. The van der Waals surface area contributed by atoms with Crippen molar-refractivity contribution in [2.75, 3.05) is 22.9 Å². The average molecular weight is 573 g/mol. The van der Waals surface area contributed by atoms with Crippen molar-refractivity contribution >= 4 is 55.7 Å². The predicted octanol–water partition coefficient (Wildman–Crippen LogP) is -0.278. The van der Waals surface area contributed by atoms with E-state index in [4.69, 9.17) is 13.7 Å². The molecule has 0 radical (unpaired) electrons. The van der Waals surface area contributed by atoms with Gasteiger partial charge in [0.2, 0.25) is 5.82 Å². The zero-order valence-electron chi connectivity index (χ0n) is 16.1. The number of hydrogen-bond acceptors (Lipinski definition) is 12. The molecule has 0 aliphatic rings. The number of nitrogens with one attached hydrogen (secondary N) is 2. The molecule has 0 aliphatic carbocycles. The van der Waals surface area contributed by atoms with Gasteiger partial charge in [-0.25, -0.2) is 9.97 Å². The fourth-order valence-corrected chi connectivity index (χ4v) is 2.84. The lowest BCUT2D eigenvalue weighted by Crippen LogP contribution is -2.15. The standard InChI is InChI=1S/C12H12F2N4O6S2.H2O6S2/c13-10-11(14)16-6-17-12(10)18-8-5-7(15-3-4-25(19,20)21)1-2-9(8)26(22,23)24;1-7(2,3)8(4,5)6/h1-2,5-6,15H,3-4H2,(H,16,17,18)(H,19,20,21)(H,22,23,24);(H,1,2,3)(H,4,5,6). The number of aromatic nitrogens is 2. The van der Waals surface area contributed by atoms with E-state index in [-0.39, 0.29) is 17.9 Å². The van der Waals surface area contributed by atoms with Gasteiger partial charge in [-0.1, -0.05) is 0 Å². The molecule has 0 aliphatic heterocycles. The molecule has 16 nitrogen and oxygen atoms in total. The van der Waals surface area contributed by atoms with Gasteiger partial charge in [-0.05, 0) is 18.2 Å². The van der Waals surface area contributed by atoms with Gasteiger partial charge in [-0.3, -0.25) is 18.2 Å². The van der Waals surface area contributed by atoms with Gasteiger partial charge >= 0.3 is 18.3 Å². The Kier molecular flexibility index (Phi) is 9.32. The third-order valence-electron chi connectivity index (χ3n) is 3.21. The maximum atomic E-state index is 13.7. The van der Waals surface area contributed by atoms with E-state index in [0.717, 1.165) is 12.1 Å². The van der Waals surface area contributed by atoms with Crippen LogP contribution in [-0.4, -0.2) is 74.1 Å². The van der Waals surface area contributed by atoms with Crippen LogP contribution < -0.4 is 10.6 Å². The third kappa shape index (κ3) is 9.34. The van der Waals surface area contributed by atoms with E-state index >= 15 is 0 Å². The molecule has 2 rings (SSSR count). The zero-order valence-corrected chi connectivity index (χ0v) is 19.3. The molecule has 0 unspecified atom stereocenters. The highest BCUT2D eigenvalue weighted by Crippen LogP contribution is 2.28. The third-order valence-corrected chi connectivity index (χ3v) is 6.97. The largest absolute Gasteiger partial charge is 0.397 e. The molecule has 1 aromatic carbocycles. The van der Waals surface area contributed by atoms with Gasteiger partial charge in [0.15, 0.2) is 5.82 Å². The smallest absolute Gasteiger partial charge is 0.384 e. The monoisotopic (exact) mass is 572 g/mol. The van der Waals surface area contributed by atoms with E-state index in [1.54, 1.807) is 0 Å². The molecule has 0 amide bonds. The van der Waals surface area contributed by atoms with Crippen molar-refractivity contribution in [3.8, 4) is 0 Å². The zero-order chi connectivity index (χ0) is 26.5. The number of halogens is 2. The predicted molar refractivity (Wildman–Crippen MR) is 109 cm³/mol. The highest BCUT2D eigenvalue weighted by molar-refractivity contribution is 8.62. The Labute approximate surface area is 190 Å². The number of benzene rings is 1. The molecule has 1 heterocycles. The van der Waals surface area contributed by atoms with E-state index in [9.17, 15) is 47.0 Å². The summed E-state index contributed by atoms with van der Waals surface area (Å²) in [5.41, 5.74) is -0.195. The summed E-state index contributed by atoms with van der Waals surface area (Å²) >= 11 is 0. The molecule has 34 heavy (non-hydrogen) atoms. The molecule has 0 atom stereocenters. The van der Waals surface area contributed by atoms with Gasteiger partial charge in [-0.2, -0.15) is 42.5 Å². The van der Waals surface area contributed by atoms with Crippen LogP contribution in [0.2, 0.25) is 0 Å². The number of anilines is 3. The Bertz CT molecular complexity index is 1450. The SMILES string of the molecule is O=S(=O)(O)CCNc1ccc(S(=O)(=O)O)c(Nc2ncnc(F)c2F)c1.O=S(=O)(O)S(=O)(=O)O. The van der Waals surface area contributed by atoms with Crippen LogP contribution in [0.5, 0.6) is 0 Å². The summed E-state index contributed by atoms with van der Waals surface area (Å²) in [5.74, 6) is -4.25. The van der Waals surface area contributed by atoms with Crippen molar-refractivity contribution in [3.63, 3.8) is 0 Å². The minimum atomic E-state index is -5.31. The molecule has 22 heteroatoms. The second-order valence-corrected chi connectivity index (χ2v) is 12.9. The van der Waals surface area contributed by atoms with Crippen LogP contribution in [0, 0.1) is 11.8 Å². The second-order valence-electron chi connectivity index (χ2n) is 5.71. The maximum absolute atomic E-state index is 13.7. The van der Waals surface area contributed by atoms with E-state index in [2.05, 4.69) is 20.6 Å². The van der Waals surface area contributed by atoms with Crippen LogP contribution in [0.3, 0.4) is 0 Å². The van der Waals surface area contributed by atoms with E-state index in [1.807, 2.05) is 0 Å². The lowest BCUT2D eigenvalue weighted by atomic mass is 10.2. The van der Waals surface area contributed by atoms with Gasteiger partial charge in [0, 0.05) is 12.2 Å². The van der Waals surface area contributed by atoms with Crippen molar-refractivity contribution in [2.45, 2.75) is 4.90 Å². The van der Waals surface area contributed by atoms with Crippen molar-refractivity contribution in [1.29, 1.82) is 0 Å². The Morgan fingerprint density at radius 3 is 1.88 bits per heavy atom. The summed E-state index contributed by atoms with van der Waals surface area (Å²) in [6, 6.07) is 3.23. The molecule has 2 aromatic rings. The molecule has 0 fully saturated rings. The lowest BCUT2D eigenvalue weighted by Gasteiger charge is -2.13. The molecule has 0 saturated carbocycles. The topological polar surface area (TPSA) is 267 Å². The molecular weight excluding hydrogens is 558 g/mol. The first-order valence-corrected chi connectivity index (χ1v) is 14.4. The van der Waals surface area contributed by atoms with Crippen LogP contribution >= 0.6 is 0 Å². The van der Waals surface area contributed by atoms with Crippen LogP contribution in [0.1, 0.15) is 0 Å². The summed E-state index contributed by atoms with van der Waals surface area (Å²) in [5, 5.41) is 4.80. The van der Waals surface area contributed by atoms with Gasteiger partial charge in [0.1, 0.15) is 11.2 Å². The average Bonchev–Trinajstić information content (AvgIpc) is 2.62.